The average molecular weight is 766 g/mol. The molecule has 0 bridgehead atoms. The Morgan fingerprint density at radius 2 is 0.867 bits per heavy atom. The van der Waals surface area contributed by atoms with E-state index in [4.69, 9.17) is 0 Å². The molecule has 0 radical (unpaired) electrons. The van der Waals surface area contributed by atoms with Gasteiger partial charge in [0.05, 0.1) is 11.4 Å². The molecular weight excluding hydrogens is 723 g/mol. The predicted molar refractivity (Wildman–Crippen MR) is 255 cm³/mol. The molecule has 0 amide bonds. The summed E-state index contributed by atoms with van der Waals surface area (Å²) in [6.07, 6.45) is 0. The van der Waals surface area contributed by atoms with E-state index in [1.165, 1.54) is 88.3 Å². The lowest BCUT2D eigenvalue weighted by atomic mass is 9.79. The first-order chi connectivity index (χ1) is 29.6. The third-order valence-corrected chi connectivity index (χ3v) is 12.6. The van der Waals surface area contributed by atoms with Crippen molar-refractivity contribution >= 4 is 38.6 Å². The molecule has 1 heteroatoms. The van der Waals surface area contributed by atoms with Crippen molar-refractivity contribution in [1.29, 1.82) is 0 Å². The summed E-state index contributed by atoms with van der Waals surface area (Å²) in [5.74, 6) is 0. The molecule has 10 aromatic rings. The van der Waals surface area contributed by atoms with E-state index in [1.807, 2.05) is 0 Å². The number of rotatable bonds is 7. The maximum atomic E-state index is 2.53. The van der Waals surface area contributed by atoms with Gasteiger partial charge in [-0.2, -0.15) is 0 Å². The molecule has 0 N–H and O–H groups in total. The molecule has 1 aliphatic carbocycles. The van der Waals surface area contributed by atoms with Gasteiger partial charge in [0.1, 0.15) is 0 Å². The third kappa shape index (κ3) is 5.77. The minimum absolute atomic E-state index is 0.148. The maximum Gasteiger partial charge on any atom is 0.0546 e. The SMILES string of the molecule is CC1(C)c2ccccc2-c2cccc(-c3cccc(N(c4cccc(-c5ccccc5)c4-c4ccccc4-c4ccccc4)c4cc5ccccc5c5ccccc45)c3)c21. The molecule has 284 valence electrons. The summed E-state index contributed by atoms with van der Waals surface area (Å²) >= 11 is 0. The number of hydrogen-bond donors (Lipinski definition) is 0. The molecule has 0 aromatic heterocycles. The van der Waals surface area contributed by atoms with Crippen LogP contribution < -0.4 is 4.90 Å². The van der Waals surface area contributed by atoms with Gasteiger partial charge in [-0.05, 0) is 102 Å². The molecule has 0 unspecified atom stereocenters. The normalized spacial score (nSPS) is 12.6. The van der Waals surface area contributed by atoms with Gasteiger partial charge in [0.2, 0.25) is 0 Å². The fourth-order valence-corrected chi connectivity index (χ4v) is 9.97. The lowest BCUT2D eigenvalue weighted by molar-refractivity contribution is 0.662. The van der Waals surface area contributed by atoms with Crippen LogP contribution in [0.4, 0.5) is 17.1 Å². The highest BCUT2D eigenvalue weighted by Crippen LogP contribution is 2.54. The van der Waals surface area contributed by atoms with E-state index in [-0.39, 0.29) is 5.41 Å². The van der Waals surface area contributed by atoms with E-state index >= 15 is 0 Å². The molecule has 11 rings (SSSR count). The highest BCUT2D eigenvalue weighted by Gasteiger charge is 2.37. The van der Waals surface area contributed by atoms with Crippen molar-refractivity contribution in [3.63, 3.8) is 0 Å². The van der Waals surface area contributed by atoms with Gasteiger partial charge >= 0.3 is 0 Å². The van der Waals surface area contributed by atoms with Crippen molar-refractivity contribution in [2.24, 2.45) is 0 Å². The van der Waals surface area contributed by atoms with Gasteiger partial charge in [0, 0.05) is 22.1 Å². The lowest BCUT2D eigenvalue weighted by Gasteiger charge is -2.32. The van der Waals surface area contributed by atoms with Crippen molar-refractivity contribution in [3.05, 3.63) is 236 Å². The van der Waals surface area contributed by atoms with Crippen molar-refractivity contribution in [2.75, 3.05) is 4.90 Å². The molecule has 0 spiro atoms. The summed E-state index contributed by atoms with van der Waals surface area (Å²) < 4.78 is 0. The number of nitrogens with zero attached hydrogens (tertiary/aromatic N) is 1. The fraction of sp³-hybridized carbons (Fsp3) is 0.0508. The van der Waals surface area contributed by atoms with Crippen molar-refractivity contribution in [1.82, 2.24) is 0 Å². The van der Waals surface area contributed by atoms with Crippen LogP contribution in [0.15, 0.2) is 224 Å². The second kappa shape index (κ2) is 14.4. The second-order valence-corrected chi connectivity index (χ2v) is 16.4. The van der Waals surface area contributed by atoms with Crippen LogP contribution in [0.1, 0.15) is 25.0 Å². The minimum Gasteiger partial charge on any atom is -0.309 e. The van der Waals surface area contributed by atoms with E-state index in [0.717, 1.165) is 17.1 Å². The Balaban J connectivity index is 1.23. The van der Waals surface area contributed by atoms with E-state index in [9.17, 15) is 0 Å². The summed E-state index contributed by atoms with van der Waals surface area (Å²) in [4.78, 5) is 2.53. The van der Waals surface area contributed by atoms with Gasteiger partial charge in [-0.25, -0.2) is 0 Å². The Labute approximate surface area is 352 Å². The van der Waals surface area contributed by atoms with E-state index in [2.05, 4.69) is 243 Å². The first kappa shape index (κ1) is 35.7. The maximum absolute atomic E-state index is 2.53. The number of anilines is 3. The van der Waals surface area contributed by atoms with Crippen molar-refractivity contribution < 1.29 is 0 Å². The van der Waals surface area contributed by atoms with Gasteiger partial charge in [0.25, 0.3) is 0 Å². The number of benzene rings is 10. The number of hydrogen-bond acceptors (Lipinski definition) is 1. The standard InChI is InChI=1S/C59H43N/c1-59(2)54-36-16-15-30-50(54)53-35-18-34-48(58(53)59)42-25-17-26-44(38-42)60(56-39-43-24-9-10-28-46(43)49-29-12-13-31-51(49)56)55-37-19-33-47(41-22-7-4-8-23-41)57(55)52-32-14-11-27-45(52)40-20-5-3-6-21-40/h3-39H,1-2H3. The Hall–Kier alpha value is -7.48. The molecule has 0 saturated carbocycles. The van der Waals surface area contributed by atoms with E-state index < -0.39 is 0 Å². The summed E-state index contributed by atoms with van der Waals surface area (Å²) in [6, 6.07) is 82.5. The molecule has 0 atom stereocenters. The molecule has 60 heavy (non-hydrogen) atoms. The van der Waals surface area contributed by atoms with Crippen LogP contribution in [0.2, 0.25) is 0 Å². The van der Waals surface area contributed by atoms with Gasteiger partial charge in [-0.3, -0.25) is 0 Å². The molecule has 0 saturated heterocycles. The smallest absolute Gasteiger partial charge is 0.0546 e. The first-order valence-corrected chi connectivity index (χ1v) is 20.9. The Bertz CT molecular complexity index is 3230. The highest BCUT2D eigenvalue weighted by atomic mass is 15.1. The zero-order chi connectivity index (χ0) is 40.2. The molecule has 0 heterocycles. The lowest BCUT2D eigenvalue weighted by Crippen LogP contribution is -2.16. The van der Waals surface area contributed by atoms with Crippen LogP contribution in [0, 0.1) is 0 Å². The topological polar surface area (TPSA) is 3.24 Å². The van der Waals surface area contributed by atoms with Gasteiger partial charge < -0.3 is 4.90 Å². The Morgan fingerprint density at radius 3 is 1.65 bits per heavy atom. The predicted octanol–water partition coefficient (Wildman–Crippen LogP) is 16.4. The highest BCUT2D eigenvalue weighted by molar-refractivity contribution is 6.15. The molecule has 1 nitrogen and oxygen atoms in total. The molecule has 0 aliphatic heterocycles. The molecule has 10 aromatic carbocycles. The monoisotopic (exact) mass is 765 g/mol. The van der Waals surface area contributed by atoms with E-state index in [0.29, 0.717) is 0 Å². The van der Waals surface area contributed by atoms with Crippen LogP contribution in [0.5, 0.6) is 0 Å². The third-order valence-electron chi connectivity index (χ3n) is 12.6. The Morgan fingerprint density at radius 1 is 0.333 bits per heavy atom. The summed E-state index contributed by atoms with van der Waals surface area (Å²) in [6.45, 7) is 4.76. The van der Waals surface area contributed by atoms with Crippen LogP contribution in [0.25, 0.3) is 77.2 Å². The zero-order valence-electron chi connectivity index (χ0n) is 33.8. The van der Waals surface area contributed by atoms with Crippen LogP contribution in [0.3, 0.4) is 0 Å². The number of fused-ring (bicyclic) bond motifs is 6. The minimum atomic E-state index is -0.148. The van der Waals surface area contributed by atoms with Gasteiger partial charge in [-0.15, -0.1) is 0 Å². The second-order valence-electron chi connectivity index (χ2n) is 16.4. The quantitative estimate of drug-likeness (QED) is 0.146. The molecular formula is C59H43N. The first-order valence-electron chi connectivity index (χ1n) is 20.9. The summed E-state index contributed by atoms with van der Waals surface area (Å²) in [5, 5.41) is 4.89. The average Bonchev–Trinajstić information content (AvgIpc) is 3.55. The van der Waals surface area contributed by atoms with Crippen LogP contribution >= 0.6 is 0 Å². The largest absolute Gasteiger partial charge is 0.309 e. The zero-order valence-corrected chi connectivity index (χ0v) is 33.8. The van der Waals surface area contributed by atoms with Gasteiger partial charge in [0.15, 0.2) is 0 Å². The van der Waals surface area contributed by atoms with Crippen LogP contribution in [-0.4, -0.2) is 0 Å². The molecule has 0 fully saturated rings. The van der Waals surface area contributed by atoms with Gasteiger partial charge in [-0.1, -0.05) is 214 Å². The molecule has 1 aliphatic rings. The van der Waals surface area contributed by atoms with Crippen LogP contribution in [-0.2, 0) is 5.41 Å². The fourth-order valence-electron chi connectivity index (χ4n) is 9.97. The van der Waals surface area contributed by atoms with E-state index in [1.54, 1.807) is 0 Å². The summed E-state index contributed by atoms with van der Waals surface area (Å²) in [7, 11) is 0. The van der Waals surface area contributed by atoms with Crippen molar-refractivity contribution in [3.8, 4) is 55.6 Å². The summed E-state index contributed by atoms with van der Waals surface area (Å²) in [5.41, 5.74) is 18.2. The van der Waals surface area contributed by atoms with Crippen molar-refractivity contribution in [2.45, 2.75) is 19.3 Å². The Kier molecular flexibility index (Phi) is 8.57.